The molecule has 116 valence electrons. The molecule has 0 saturated heterocycles. The lowest BCUT2D eigenvalue weighted by Crippen LogP contribution is -2.37. The Labute approximate surface area is 127 Å². The Morgan fingerprint density at radius 1 is 1.29 bits per heavy atom. The minimum Gasteiger partial charge on any atom is -0.465 e. The van der Waals surface area contributed by atoms with Gasteiger partial charge in [-0.3, -0.25) is 0 Å². The van der Waals surface area contributed by atoms with Crippen molar-refractivity contribution in [2.75, 3.05) is 13.1 Å². The summed E-state index contributed by atoms with van der Waals surface area (Å²) in [6.45, 7) is 4.42. The first-order chi connectivity index (χ1) is 10.1. The van der Waals surface area contributed by atoms with E-state index in [1.165, 1.54) is 43.7 Å². The van der Waals surface area contributed by atoms with Crippen molar-refractivity contribution in [3.8, 4) is 0 Å². The Kier molecular flexibility index (Phi) is 7.54. The minimum atomic E-state index is -1.01. The number of amides is 1. The number of nitrogens with one attached hydrogen (secondary N) is 1. The van der Waals surface area contributed by atoms with Crippen LogP contribution in [0.15, 0.2) is 43.0 Å². The number of carbonyl (C=O) groups is 1. The molecular weight excluding hydrogens is 264 g/mol. The summed E-state index contributed by atoms with van der Waals surface area (Å²) in [6, 6.07) is 10.8. The van der Waals surface area contributed by atoms with Crippen LogP contribution in [-0.2, 0) is 5.41 Å². The van der Waals surface area contributed by atoms with Gasteiger partial charge in [0.15, 0.2) is 0 Å². The number of carboxylic acid groups (broad SMARTS) is 1. The molecular formula is C17H26N2O2. The molecule has 21 heavy (non-hydrogen) atoms. The number of hydrogen-bond donors (Lipinski definition) is 3. The minimum absolute atomic E-state index is 0.291. The third kappa shape index (κ3) is 5.60. The summed E-state index contributed by atoms with van der Waals surface area (Å²) in [7, 11) is 0. The molecule has 0 heterocycles. The molecule has 1 aliphatic carbocycles. The Morgan fingerprint density at radius 2 is 1.90 bits per heavy atom. The normalized spacial score (nSPS) is 16.2. The van der Waals surface area contributed by atoms with E-state index in [9.17, 15) is 4.79 Å². The first-order valence-corrected chi connectivity index (χ1v) is 7.48. The van der Waals surface area contributed by atoms with E-state index >= 15 is 0 Å². The van der Waals surface area contributed by atoms with Crippen LogP contribution in [0.2, 0.25) is 0 Å². The fourth-order valence-electron chi connectivity index (χ4n) is 2.79. The van der Waals surface area contributed by atoms with Crippen molar-refractivity contribution in [3.63, 3.8) is 0 Å². The van der Waals surface area contributed by atoms with E-state index < -0.39 is 6.09 Å². The van der Waals surface area contributed by atoms with E-state index in [-0.39, 0.29) is 0 Å². The average molecular weight is 290 g/mol. The molecule has 4 N–H and O–H groups in total. The smallest absolute Gasteiger partial charge is 0.404 e. The number of nitrogens with two attached hydrogens (primary N) is 1. The van der Waals surface area contributed by atoms with Crippen LogP contribution in [0, 0.1) is 0 Å². The fourth-order valence-corrected chi connectivity index (χ4v) is 2.79. The van der Waals surface area contributed by atoms with Crippen LogP contribution in [-0.4, -0.2) is 24.3 Å². The van der Waals surface area contributed by atoms with Gasteiger partial charge in [0.25, 0.3) is 0 Å². The van der Waals surface area contributed by atoms with Gasteiger partial charge in [-0.1, -0.05) is 55.7 Å². The molecule has 1 aromatic rings. The zero-order valence-electron chi connectivity index (χ0n) is 12.6. The fraction of sp³-hybridized carbons (Fsp3) is 0.471. The molecule has 1 aliphatic rings. The Bertz CT molecular complexity index is 426. The monoisotopic (exact) mass is 290 g/mol. The zero-order valence-corrected chi connectivity index (χ0v) is 12.6. The molecule has 1 aromatic carbocycles. The van der Waals surface area contributed by atoms with Crippen LogP contribution in [0.1, 0.15) is 37.7 Å². The summed E-state index contributed by atoms with van der Waals surface area (Å²) in [4.78, 5) is 9.60. The van der Waals surface area contributed by atoms with E-state index in [0.29, 0.717) is 12.0 Å². The molecule has 0 aromatic heterocycles. The highest BCUT2D eigenvalue weighted by molar-refractivity contribution is 5.64. The lowest BCUT2D eigenvalue weighted by atomic mass is 9.69. The second kappa shape index (κ2) is 9.19. The number of hydrogen-bond acceptors (Lipinski definition) is 2. The molecule has 4 nitrogen and oxygen atoms in total. The van der Waals surface area contributed by atoms with Gasteiger partial charge in [0.05, 0.1) is 0 Å². The molecule has 0 atom stereocenters. The van der Waals surface area contributed by atoms with Crippen LogP contribution in [0.4, 0.5) is 4.79 Å². The lowest BCUT2D eigenvalue weighted by molar-refractivity contribution is 0.195. The van der Waals surface area contributed by atoms with Gasteiger partial charge in [0, 0.05) is 18.5 Å². The van der Waals surface area contributed by atoms with Gasteiger partial charge in [-0.25, -0.2) is 4.79 Å². The molecule has 1 saturated carbocycles. The Hall–Kier alpha value is -1.81. The van der Waals surface area contributed by atoms with E-state index in [0.717, 1.165) is 6.54 Å². The predicted octanol–water partition coefficient (Wildman–Crippen LogP) is 3.29. The van der Waals surface area contributed by atoms with Gasteiger partial charge in [-0.15, -0.1) is 6.58 Å². The van der Waals surface area contributed by atoms with Crippen molar-refractivity contribution >= 4 is 6.09 Å². The average Bonchev–Trinajstić information content (AvgIpc) is 2.55. The summed E-state index contributed by atoms with van der Waals surface area (Å²) in [5, 5.41) is 9.98. The van der Waals surface area contributed by atoms with Gasteiger partial charge in [0.2, 0.25) is 0 Å². The van der Waals surface area contributed by atoms with E-state index in [1.54, 1.807) is 0 Å². The summed E-state index contributed by atoms with van der Waals surface area (Å²) < 4.78 is 0. The number of rotatable bonds is 4. The van der Waals surface area contributed by atoms with E-state index in [1.807, 2.05) is 0 Å². The maximum absolute atomic E-state index is 9.60. The van der Waals surface area contributed by atoms with Gasteiger partial charge in [0.1, 0.15) is 0 Å². The number of benzene rings is 1. The molecule has 1 amide bonds. The SMILES string of the molecule is C=CCNC(=O)O.NCC1(c2ccccc2)CCCCC1. The van der Waals surface area contributed by atoms with Crippen LogP contribution < -0.4 is 11.1 Å². The lowest BCUT2D eigenvalue weighted by Gasteiger charge is -2.36. The van der Waals surface area contributed by atoms with Crippen molar-refractivity contribution in [1.82, 2.24) is 5.32 Å². The molecule has 4 heteroatoms. The molecule has 0 spiro atoms. The van der Waals surface area contributed by atoms with Gasteiger partial charge < -0.3 is 16.2 Å². The predicted molar refractivity (Wildman–Crippen MR) is 86.5 cm³/mol. The molecule has 0 aliphatic heterocycles. The topological polar surface area (TPSA) is 75.3 Å². The maximum atomic E-state index is 9.60. The molecule has 0 bridgehead atoms. The van der Waals surface area contributed by atoms with Gasteiger partial charge >= 0.3 is 6.09 Å². The summed E-state index contributed by atoms with van der Waals surface area (Å²) in [6.07, 6.45) is 7.07. The summed E-state index contributed by atoms with van der Waals surface area (Å²) in [5.74, 6) is 0. The standard InChI is InChI=1S/C13H19N.C4H7NO2/c14-11-13(9-5-2-6-10-13)12-7-3-1-4-8-12;1-2-3-5-4(6)7/h1,3-4,7-8H,2,5-6,9-11,14H2;2,5H,1,3H2,(H,6,7). The molecule has 0 unspecified atom stereocenters. The third-order valence-corrected chi connectivity index (χ3v) is 3.99. The quantitative estimate of drug-likeness (QED) is 0.745. The highest BCUT2D eigenvalue weighted by atomic mass is 16.4. The molecule has 1 fully saturated rings. The van der Waals surface area contributed by atoms with Crippen molar-refractivity contribution < 1.29 is 9.90 Å². The summed E-state index contributed by atoms with van der Waals surface area (Å²) in [5.41, 5.74) is 7.71. The Morgan fingerprint density at radius 3 is 2.33 bits per heavy atom. The van der Waals surface area contributed by atoms with Crippen molar-refractivity contribution in [2.45, 2.75) is 37.5 Å². The van der Waals surface area contributed by atoms with Crippen molar-refractivity contribution in [3.05, 3.63) is 48.6 Å². The second-order valence-corrected chi connectivity index (χ2v) is 5.39. The first kappa shape index (κ1) is 17.2. The second-order valence-electron chi connectivity index (χ2n) is 5.39. The Balaban J connectivity index is 0.000000270. The van der Waals surface area contributed by atoms with E-state index in [2.05, 4.69) is 42.2 Å². The highest BCUT2D eigenvalue weighted by Gasteiger charge is 2.31. The zero-order chi connectivity index (χ0) is 15.6. The van der Waals surface area contributed by atoms with E-state index in [4.69, 9.17) is 10.8 Å². The third-order valence-electron chi connectivity index (χ3n) is 3.99. The largest absolute Gasteiger partial charge is 0.465 e. The molecule has 0 radical (unpaired) electrons. The first-order valence-electron chi connectivity index (χ1n) is 7.48. The molecule has 2 rings (SSSR count). The maximum Gasteiger partial charge on any atom is 0.404 e. The van der Waals surface area contributed by atoms with Crippen LogP contribution in [0.5, 0.6) is 0 Å². The van der Waals surface area contributed by atoms with Gasteiger partial charge in [-0.05, 0) is 18.4 Å². The van der Waals surface area contributed by atoms with Crippen LogP contribution in [0.3, 0.4) is 0 Å². The van der Waals surface area contributed by atoms with Crippen molar-refractivity contribution in [2.24, 2.45) is 5.73 Å². The van der Waals surface area contributed by atoms with Crippen LogP contribution >= 0.6 is 0 Å². The van der Waals surface area contributed by atoms with Crippen LogP contribution in [0.25, 0.3) is 0 Å². The summed E-state index contributed by atoms with van der Waals surface area (Å²) >= 11 is 0. The van der Waals surface area contributed by atoms with Crippen molar-refractivity contribution in [1.29, 1.82) is 0 Å². The highest BCUT2D eigenvalue weighted by Crippen LogP contribution is 2.38. The van der Waals surface area contributed by atoms with Gasteiger partial charge in [-0.2, -0.15) is 0 Å².